The van der Waals surface area contributed by atoms with E-state index in [1.54, 1.807) is 7.11 Å². The van der Waals surface area contributed by atoms with Gasteiger partial charge in [0.2, 0.25) is 0 Å². The molecule has 1 aliphatic rings. The Balaban J connectivity index is 1.93. The van der Waals surface area contributed by atoms with E-state index in [9.17, 15) is 0 Å². The number of rotatable bonds is 4. The van der Waals surface area contributed by atoms with Crippen molar-refractivity contribution >= 4 is 0 Å². The summed E-state index contributed by atoms with van der Waals surface area (Å²) in [6.45, 7) is 4.80. The summed E-state index contributed by atoms with van der Waals surface area (Å²) in [5.74, 6) is 0. The van der Waals surface area contributed by atoms with Gasteiger partial charge in [0.25, 0.3) is 0 Å². The van der Waals surface area contributed by atoms with Crippen molar-refractivity contribution in [2.75, 3.05) is 13.7 Å². The van der Waals surface area contributed by atoms with Crippen LogP contribution < -0.4 is 5.32 Å². The van der Waals surface area contributed by atoms with E-state index in [2.05, 4.69) is 12.2 Å². The lowest BCUT2D eigenvalue weighted by Crippen LogP contribution is -2.45. The Labute approximate surface area is 63.0 Å². The zero-order valence-corrected chi connectivity index (χ0v) is 6.60. The van der Waals surface area contributed by atoms with E-state index in [0.29, 0.717) is 12.1 Å². The number of nitrogens with one attached hydrogen (secondary N) is 1. The Morgan fingerprint density at radius 3 is 2.80 bits per heavy atom. The third-order valence-electron chi connectivity index (χ3n) is 2.04. The van der Waals surface area contributed by atoms with Gasteiger partial charge in [0, 0.05) is 19.7 Å². The van der Waals surface area contributed by atoms with Crippen molar-refractivity contribution in [2.24, 2.45) is 0 Å². The molecule has 2 nitrogen and oxygen atoms in total. The summed E-state index contributed by atoms with van der Waals surface area (Å²) in [5, 5.41) is 3.39. The molecule has 1 N–H and O–H groups in total. The average Bonchev–Trinajstić information content (AvgIpc) is 1.86. The number of ether oxygens (including phenoxy) is 1. The first kappa shape index (κ1) is 7.89. The minimum absolute atomic E-state index is 0.516. The molecular weight excluding hydrogens is 126 g/mol. The van der Waals surface area contributed by atoms with Gasteiger partial charge in [-0.2, -0.15) is 0 Å². The molecule has 0 bridgehead atoms. The van der Waals surface area contributed by atoms with E-state index in [4.69, 9.17) is 4.74 Å². The first-order chi connectivity index (χ1) is 4.86. The van der Waals surface area contributed by atoms with Crippen LogP contribution in [0.2, 0.25) is 0 Å². The van der Waals surface area contributed by atoms with Crippen LogP contribution in [0.25, 0.3) is 0 Å². The van der Waals surface area contributed by atoms with Gasteiger partial charge in [-0.1, -0.05) is 0 Å². The topological polar surface area (TPSA) is 21.3 Å². The monoisotopic (exact) mass is 142 g/mol. The molecule has 0 radical (unpaired) electrons. The highest BCUT2D eigenvalue weighted by Gasteiger charge is 2.27. The number of methoxy groups -OCH3 is 1. The molecule has 0 amide bonds. The van der Waals surface area contributed by atoms with Crippen molar-refractivity contribution in [2.45, 2.75) is 31.4 Å². The van der Waals surface area contributed by atoms with Crippen molar-refractivity contribution in [3.63, 3.8) is 0 Å². The van der Waals surface area contributed by atoms with Gasteiger partial charge in [-0.05, 0) is 12.8 Å². The van der Waals surface area contributed by atoms with Gasteiger partial charge >= 0.3 is 0 Å². The fourth-order valence-electron chi connectivity index (χ4n) is 1.23. The second-order valence-electron chi connectivity index (χ2n) is 2.83. The molecule has 0 saturated heterocycles. The SMILES string of the molecule is [CH2+]CCNC1CC(OC)C1. The number of hydrogen-bond acceptors (Lipinski definition) is 2. The molecule has 1 rings (SSSR count). The van der Waals surface area contributed by atoms with Crippen molar-refractivity contribution in [3.8, 4) is 0 Å². The van der Waals surface area contributed by atoms with E-state index in [1.165, 1.54) is 12.8 Å². The highest BCUT2D eigenvalue weighted by molar-refractivity contribution is 4.85. The first-order valence-corrected chi connectivity index (χ1v) is 3.92. The summed E-state index contributed by atoms with van der Waals surface area (Å²) in [6.07, 6.45) is 3.85. The van der Waals surface area contributed by atoms with Crippen LogP contribution in [0, 0.1) is 6.92 Å². The Bertz CT molecular complexity index is 86.5. The van der Waals surface area contributed by atoms with Crippen molar-refractivity contribution in [1.82, 2.24) is 5.32 Å². The quantitative estimate of drug-likeness (QED) is 0.591. The summed E-state index contributed by atoms with van der Waals surface area (Å²) in [5.41, 5.74) is 0. The molecule has 1 saturated carbocycles. The zero-order valence-electron chi connectivity index (χ0n) is 6.60. The highest BCUT2D eigenvalue weighted by Crippen LogP contribution is 2.21. The van der Waals surface area contributed by atoms with E-state index in [-0.39, 0.29) is 0 Å². The second-order valence-corrected chi connectivity index (χ2v) is 2.83. The zero-order chi connectivity index (χ0) is 7.40. The van der Waals surface area contributed by atoms with Crippen LogP contribution in [0.1, 0.15) is 19.3 Å². The van der Waals surface area contributed by atoms with Crippen molar-refractivity contribution in [3.05, 3.63) is 6.92 Å². The molecule has 2 heteroatoms. The summed E-state index contributed by atoms with van der Waals surface area (Å²) in [6, 6.07) is 0.701. The highest BCUT2D eigenvalue weighted by atomic mass is 16.5. The van der Waals surface area contributed by atoms with Crippen molar-refractivity contribution in [1.29, 1.82) is 0 Å². The van der Waals surface area contributed by atoms with Crippen LogP contribution in [-0.4, -0.2) is 25.8 Å². The lowest BCUT2D eigenvalue weighted by atomic mass is 9.89. The Hall–Kier alpha value is -0.210. The molecule has 0 atom stereocenters. The van der Waals surface area contributed by atoms with Crippen LogP contribution in [-0.2, 0) is 4.74 Å². The summed E-state index contributed by atoms with van der Waals surface area (Å²) in [4.78, 5) is 0. The molecular formula is C8H16NO+. The van der Waals surface area contributed by atoms with Gasteiger partial charge in [0.1, 0.15) is 0 Å². The third kappa shape index (κ3) is 1.89. The predicted molar refractivity (Wildman–Crippen MR) is 41.8 cm³/mol. The Kier molecular flexibility index (Phi) is 3.03. The van der Waals surface area contributed by atoms with E-state index in [0.717, 1.165) is 13.0 Å². The summed E-state index contributed by atoms with van der Waals surface area (Å²) < 4.78 is 5.14. The van der Waals surface area contributed by atoms with Gasteiger partial charge in [-0.15, -0.1) is 0 Å². The minimum atomic E-state index is 0.516. The lowest BCUT2D eigenvalue weighted by Gasteiger charge is -2.34. The van der Waals surface area contributed by atoms with Crippen LogP contribution in [0.3, 0.4) is 0 Å². The molecule has 1 fully saturated rings. The molecule has 58 valence electrons. The lowest BCUT2D eigenvalue weighted by molar-refractivity contribution is 0.0177. The standard InChI is InChI=1S/C8H16NO/c1-3-4-9-7-5-8(6-7)10-2/h7-9H,1,3-6H2,2H3/q+1. The number of hydrogen-bond donors (Lipinski definition) is 1. The predicted octanol–water partition coefficient (Wildman–Crippen LogP) is 0.978. The van der Waals surface area contributed by atoms with Gasteiger partial charge in [-0.25, -0.2) is 0 Å². The van der Waals surface area contributed by atoms with Crippen molar-refractivity contribution < 1.29 is 4.74 Å². The van der Waals surface area contributed by atoms with Crippen LogP contribution in [0.4, 0.5) is 0 Å². The molecule has 10 heavy (non-hydrogen) atoms. The molecule has 1 aliphatic carbocycles. The van der Waals surface area contributed by atoms with Gasteiger partial charge in [-0.3, -0.25) is 0 Å². The average molecular weight is 142 g/mol. The molecule has 0 spiro atoms. The molecule has 0 aromatic heterocycles. The maximum absolute atomic E-state index is 5.14. The van der Waals surface area contributed by atoms with Gasteiger partial charge < -0.3 is 10.1 Å². The summed E-state index contributed by atoms with van der Waals surface area (Å²) in [7, 11) is 1.78. The molecule has 0 unspecified atom stereocenters. The first-order valence-electron chi connectivity index (χ1n) is 3.92. The van der Waals surface area contributed by atoms with Crippen LogP contribution >= 0.6 is 0 Å². The van der Waals surface area contributed by atoms with E-state index < -0.39 is 0 Å². The van der Waals surface area contributed by atoms with E-state index in [1.807, 2.05) is 0 Å². The fourth-order valence-corrected chi connectivity index (χ4v) is 1.23. The summed E-state index contributed by atoms with van der Waals surface area (Å²) >= 11 is 0. The molecule has 0 aliphatic heterocycles. The normalized spacial score (nSPS) is 31.7. The Morgan fingerprint density at radius 2 is 2.30 bits per heavy atom. The molecule has 0 heterocycles. The fraction of sp³-hybridized carbons (Fsp3) is 0.875. The van der Waals surface area contributed by atoms with Crippen LogP contribution in [0.5, 0.6) is 0 Å². The molecule has 0 aromatic rings. The largest absolute Gasteiger partial charge is 0.381 e. The second kappa shape index (κ2) is 3.84. The molecule has 0 aromatic carbocycles. The van der Waals surface area contributed by atoms with Crippen LogP contribution in [0.15, 0.2) is 0 Å². The minimum Gasteiger partial charge on any atom is -0.381 e. The maximum atomic E-state index is 5.14. The maximum Gasteiger partial charge on any atom is 0.0974 e. The Morgan fingerprint density at radius 1 is 1.60 bits per heavy atom. The smallest absolute Gasteiger partial charge is 0.0974 e. The van der Waals surface area contributed by atoms with Gasteiger partial charge in [0.15, 0.2) is 0 Å². The van der Waals surface area contributed by atoms with E-state index >= 15 is 0 Å². The third-order valence-corrected chi connectivity index (χ3v) is 2.04. The van der Waals surface area contributed by atoms with Gasteiger partial charge in [0.05, 0.1) is 19.4 Å².